The number of hydrogen-bond acceptors (Lipinski definition) is 3. The molecular weight excluding hydrogens is 268 g/mol. The minimum Gasteiger partial charge on any atom is -0.301 e. The second kappa shape index (κ2) is 6.75. The van der Waals surface area contributed by atoms with Crippen molar-refractivity contribution in [3.8, 4) is 0 Å². The Labute approximate surface area is 123 Å². The fraction of sp³-hybridized carbons (Fsp3) is 0.375. The Morgan fingerprint density at radius 1 is 1.35 bits per heavy atom. The zero-order valence-corrected chi connectivity index (χ0v) is 13.0. The monoisotopic (exact) mass is 288 g/mol. The molecule has 1 aromatic carbocycles. The maximum atomic E-state index is 11.7. The smallest absolute Gasteiger partial charge is 0.251 e. The van der Waals surface area contributed by atoms with E-state index in [1.54, 1.807) is 17.8 Å². The van der Waals surface area contributed by atoms with Crippen LogP contribution in [0.5, 0.6) is 0 Å². The number of aromatic nitrogens is 2. The van der Waals surface area contributed by atoms with Crippen molar-refractivity contribution in [2.75, 3.05) is 0 Å². The number of benzene rings is 1. The van der Waals surface area contributed by atoms with Gasteiger partial charge in [0.25, 0.3) is 5.56 Å². The number of nitrogens with zero attached hydrogens (tertiary/aromatic N) is 1. The van der Waals surface area contributed by atoms with E-state index >= 15 is 0 Å². The largest absolute Gasteiger partial charge is 0.301 e. The van der Waals surface area contributed by atoms with E-state index in [4.69, 9.17) is 0 Å². The van der Waals surface area contributed by atoms with Crippen molar-refractivity contribution >= 4 is 11.8 Å². The van der Waals surface area contributed by atoms with Gasteiger partial charge in [-0.3, -0.25) is 4.79 Å². The molecule has 0 radical (unpaired) electrons. The van der Waals surface area contributed by atoms with E-state index in [-0.39, 0.29) is 5.56 Å². The van der Waals surface area contributed by atoms with Crippen molar-refractivity contribution in [1.82, 2.24) is 9.97 Å². The Morgan fingerprint density at radius 2 is 2.15 bits per heavy atom. The molecule has 0 saturated carbocycles. The number of H-pyrrole nitrogens is 1. The van der Waals surface area contributed by atoms with Gasteiger partial charge < -0.3 is 4.98 Å². The van der Waals surface area contributed by atoms with E-state index in [1.807, 2.05) is 6.07 Å². The second-order valence-corrected chi connectivity index (χ2v) is 6.47. The van der Waals surface area contributed by atoms with Gasteiger partial charge in [0, 0.05) is 17.7 Å². The number of rotatable bonds is 5. The summed E-state index contributed by atoms with van der Waals surface area (Å²) in [6.07, 6.45) is 1.75. The van der Waals surface area contributed by atoms with E-state index in [9.17, 15) is 4.79 Å². The van der Waals surface area contributed by atoms with Crippen LogP contribution >= 0.6 is 11.8 Å². The molecule has 106 valence electrons. The van der Waals surface area contributed by atoms with Crippen LogP contribution in [0.4, 0.5) is 0 Å². The number of aryl methyl sites for hydroxylation is 1. The molecule has 4 heteroatoms. The molecule has 0 amide bonds. The van der Waals surface area contributed by atoms with Crippen LogP contribution in [-0.2, 0) is 6.42 Å². The normalized spacial score (nSPS) is 12.3. The Hall–Kier alpha value is -1.55. The Kier molecular flexibility index (Phi) is 5.01. The third-order valence-corrected chi connectivity index (χ3v) is 4.28. The predicted molar refractivity (Wildman–Crippen MR) is 84.5 cm³/mol. The van der Waals surface area contributed by atoms with Crippen LogP contribution in [0.2, 0.25) is 0 Å². The van der Waals surface area contributed by atoms with Gasteiger partial charge in [0.1, 0.15) is 0 Å². The molecule has 2 rings (SSSR count). The molecule has 0 aliphatic carbocycles. The molecule has 2 aromatic rings. The first-order valence-corrected chi connectivity index (χ1v) is 7.77. The Bertz CT molecular complexity index is 636. The standard InChI is InChI=1S/C16H20N2OS/c1-4-12(3)20-16-17-14(10-15(19)18-16)9-13-7-5-6-11(2)8-13/h5-8,10,12H,4,9H2,1-3H3,(H,17,18,19)/t12-/m0/s1. The van der Waals surface area contributed by atoms with E-state index in [0.717, 1.165) is 17.3 Å². The molecule has 0 fully saturated rings. The minimum atomic E-state index is -0.0755. The van der Waals surface area contributed by atoms with Gasteiger partial charge >= 0.3 is 0 Å². The first-order valence-electron chi connectivity index (χ1n) is 6.89. The highest BCUT2D eigenvalue weighted by atomic mass is 32.2. The number of thioether (sulfide) groups is 1. The van der Waals surface area contributed by atoms with Gasteiger partial charge in [-0.1, -0.05) is 55.4 Å². The number of nitrogens with one attached hydrogen (secondary N) is 1. The van der Waals surface area contributed by atoms with Gasteiger partial charge in [-0.15, -0.1) is 0 Å². The van der Waals surface area contributed by atoms with Crippen LogP contribution in [0.15, 0.2) is 40.3 Å². The van der Waals surface area contributed by atoms with Crippen molar-refractivity contribution in [3.05, 3.63) is 57.5 Å². The summed E-state index contributed by atoms with van der Waals surface area (Å²) in [6.45, 7) is 6.34. The average Bonchev–Trinajstić information content (AvgIpc) is 2.37. The topological polar surface area (TPSA) is 45.8 Å². The fourth-order valence-corrected chi connectivity index (χ4v) is 2.81. The van der Waals surface area contributed by atoms with Crippen LogP contribution in [0.3, 0.4) is 0 Å². The summed E-state index contributed by atoms with van der Waals surface area (Å²) >= 11 is 1.62. The van der Waals surface area contributed by atoms with Crippen molar-refractivity contribution in [1.29, 1.82) is 0 Å². The van der Waals surface area contributed by atoms with E-state index in [0.29, 0.717) is 11.7 Å². The van der Waals surface area contributed by atoms with E-state index in [2.05, 4.69) is 48.9 Å². The zero-order valence-electron chi connectivity index (χ0n) is 12.1. The molecule has 1 aromatic heterocycles. The molecule has 1 N–H and O–H groups in total. The number of hydrogen-bond donors (Lipinski definition) is 1. The van der Waals surface area contributed by atoms with Crippen LogP contribution in [0.1, 0.15) is 37.1 Å². The van der Waals surface area contributed by atoms with E-state index < -0.39 is 0 Å². The van der Waals surface area contributed by atoms with Crippen LogP contribution in [-0.4, -0.2) is 15.2 Å². The fourth-order valence-electron chi connectivity index (χ4n) is 1.93. The summed E-state index contributed by atoms with van der Waals surface area (Å²) in [5.74, 6) is 0. The molecule has 20 heavy (non-hydrogen) atoms. The van der Waals surface area contributed by atoms with Crippen molar-refractivity contribution < 1.29 is 0 Å². The highest BCUT2D eigenvalue weighted by Gasteiger charge is 2.07. The molecule has 0 aliphatic rings. The van der Waals surface area contributed by atoms with Gasteiger partial charge in [0.05, 0.1) is 5.69 Å². The lowest BCUT2D eigenvalue weighted by atomic mass is 10.1. The third-order valence-electron chi connectivity index (χ3n) is 3.13. The van der Waals surface area contributed by atoms with Crippen molar-refractivity contribution in [3.63, 3.8) is 0 Å². The molecule has 0 spiro atoms. The molecule has 0 unspecified atom stereocenters. The average molecular weight is 288 g/mol. The maximum Gasteiger partial charge on any atom is 0.251 e. The Balaban J connectivity index is 2.21. The SMILES string of the molecule is CC[C@H](C)Sc1nc(Cc2cccc(C)c2)cc(=O)[nH]1. The molecule has 1 atom stereocenters. The lowest BCUT2D eigenvalue weighted by Crippen LogP contribution is -2.11. The minimum absolute atomic E-state index is 0.0755. The van der Waals surface area contributed by atoms with Gasteiger partial charge in [-0.25, -0.2) is 4.98 Å². The molecular formula is C16H20N2OS. The van der Waals surface area contributed by atoms with Gasteiger partial charge in [-0.05, 0) is 18.9 Å². The van der Waals surface area contributed by atoms with Gasteiger partial charge in [0.2, 0.25) is 0 Å². The number of aromatic amines is 1. The second-order valence-electron chi connectivity index (χ2n) is 5.04. The lowest BCUT2D eigenvalue weighted by Gasteiger charge is -2.08. The quantitative estimate of drug-likeness (QED) is 0.676. The van der Waals surface area contributed by atoms with Gasteiger partial charge in [0.15, 0.2) is 5.16 Å². The molecule has 0 bridgehead atoms. The van der Waals surface area contributed by atoms with E-state index in [1.165, 1.54) is 11.1 Å². The summed E-state index contributed by atoms with van der Waals surface area (Å²) in [5.41, 5.74) is 3.16. The van der Waals surface area contributed by atoms with Crippen LogP contribution < -0.4 is 5.56 Å². The van der Waals surface area contributed by atoms with Crippen LogP contribution in [0, 0.1) is 6.92 Å². The third kappa shape index (κ3) is 4.23. The summed E-state index contributed by atoms with van der Waals surface area (Å²) in [5, 5.41) is 1.17. The van der Waals surface area contributed by atoms with Crippen molar-refractivity contribution in [2.45, 2.75) is 44.0 Å². The maximum absolute atomic E-state index is 11.7. The first-order chi connectivity index (χ1) is 9.56. The molecule has 0 saturated heterocycles. The predicted octanol–water partition coefficient (Wildman–Crippen LogP) is 3.56. The summed E-state index contributed by atoms with van der Waals surface area (Å²) in [4.78, 5) is 19.1. The Morgan fingerprint density at radius 3 is 2.85 bits per heavy atom. The van der Waals surface area contributed by atoms with Gasteiger partial charge in [-0.2, -0.15) is 0 Å². The first kappa shape index (κ1) is 14.9. The molecule has 0 aliphatic heterocycles. The summed E-state index contributed by atoms with van der Waals surface area (Å²) in [7, 11) is 0. The highest BCUT2D eigenvalue weighted by Crippen LogP contribution is 2.20. The zero-order chi connectivity index (χ0) is 14.5. The van der Waals surface area contributed by atoms with Crippen molar-refractivity contribution in [2.24, 2.45) is 0 Å². The highest BCUT2D eigenvalue weighted by molar-refractivity contribution is 7.99. The summed E-state index contributed by atoms with van der Waals surface area (Å²) in [6, 6.07) is 9.89. The van der Waals surface area contributed by atoms with Crippen LogP contribution in [0.25, 0.3) is 0 Å². The molecule has 1 heterocycles. The summed E-state index contributed by atoms with van der Waals surface area (Å²) < 4.78 is 0. The molecule has 3 nitrogen and oxygen atoms in total. The lowest BCUT2D eigenvalue weighted by molar-refractivity contribution is 0.853.